The van der Waals surface area contributed by atoms with E-state index in [1.54, 1.807) is 18.5 Å². The average Bonchev–Trinajstić information content (AvgIpc) is 3.14. The largest absolute Gasteiger partial charge is 0.458 e. The van der Waals surface area contributed by atoms with Crippen molar-refractivity contribution >= 4 is 23.5 Å². The number of carbonyl (C=O) groups excluding carboxylic acids is 2. The van der Waals surface area contributed by atoms with Crippen LogP contribution in [0, 0.1) is 12.8 Å². The average molecular weight is 450 g/mol. The van der Waals surface area contributed by atoms with Crippen LogP contribution in [0.1, 0.15) is 68.7 Å². The van der Waals surface area contributed by atoms with Crippen molar-refractivity contribution in [3.8, 4) is 0 Å². The van der Waals surface area contributed by atoms with Gasteiger partial charge in [0.15, 0.2) is 0 Å². The summed E-state index contributed by atoms with van der Waals surface area (Å²) in [5.74, 6) is 0.412. The number of ether oxygens (including phenoxy) is 1. The summed E-state index contributed by atoms with van der Waals surface area (Å²) >= 11 is 0. The minimum atomic E-state index is -0.554. The van der Waals surface area contributed by atoms with Crippen LogP contribution >= 0.6 is 0 Å². The molecule has 1 atom stereocenters. The summed E-state index contributed by atoms with van der Waals surface area (Å²) in [6.45, 7) is 3.36. The van der Waals surface area contributed by atoms with Gasteiger partial charge >= 0.3 is 5.97 Å². The lowest BCUT2D eigenvalue weighted by atomic mass is 9.75. The number of esters is 1. The van der Waals surface area contributed by atoms with Gasteiger partial charge in [0, 0.05) is 48.5 Å². The number of anilines is 2. The Morgan fingerprint density at radius 1 is 1.12 bits per heavy atom. The molecule has 5 rings (SSSR count). The van der Waals surface area contributed by atoms with E-state index in [0.717, 1.165) is 62.0 Å². The summed E-state index contributed by atoms with van der Waals surface area (Å²) in [6.07, 6.45) is 10.2. The van der Waals surface area contributed by atoms with Gasteiger partial charge in [0.2, 0.25) is 11.9 Å². The molecule has 1 aliphatic carbocycles. The second-order valence-electron chi connectivity index (χ2n) is 9.58. The fraction of sp³-hybridized carbons (Fsp3) is 0.560. The van der Waals surface area contributed by atoms with E-state index in [4.69, 9.17) is 9.72 Å². The molecule has 3 fully saturated rings. The Labute approximate surface area is 194 Å². The standard InChI is InChI=1S/C25H31N5O3/c1-17-14-19(29-24-26-10-5-11-27-24)15-21(28-17)18-6-12-30(13-7-18)23(32)20-16-22(31)33-25(20)8-3-2-4-9-25/h5,10-11,14-15,18,20H,2-4,6-9,12-13,16H2,1H3,(H,26,27,28,29)/t20-/m0/s1. The smallest absolute Gasteiger partial charge is 0.307 e. The van der Waals surface area contributed by atoms with Crippen LogP contribution in [-0.2, 0) is 14.3 Å². The highest BCUT2D eigenvalue weighted by molar-refractivity contribution is 5.88. The van der Waals surface area contributed by atoms with E-state index in [2.05, 4.69) is 21.4 Å². The number of pyridine rings is 1. The molecule has 8 heteroatoms. The van der Waals surface area contributed by atoms with Crippen LogP contribution < -0.4 is 5.32 Å². The first-order valence-corrected chi connectivity index (χ1v) is 12.1. The first kappa shape index (κ1) is 21.8. The number of hydrogen-bond acceptors (Lipinski definition) is 7. The molecule has 1 amide bonds. The molecule has 4 heterocycles. The van der Waals surface area contributed by atoms with Gasteiger partial charge in [-0.3, -0.25) is 14.6 Å². The molecule has 1 spiro atoms. The number of nitrogens with zero attached hydrogens (tertiary/aromatic N) is 4. The second-order valence-corrected chi connectivity index (χ2v) is 9.58. The van der Waals surface area contributed by atoms with Gasteiger partial charge in [-0.05, 0) is 63.6 Å². The van der Waals surface area contributed by atoms with Crippen LogP contribution in [0.25, 0.3) is 0 Å². The predicted octanol–water partition coefficient (Wildman–Crippen LogP) is 3.90. The van der Waals surface area contributed by atoms with Crippen LogP contribution in [0.3, 0.4) is 0 Å². The maximum Gasteiger partial charge on any atom is 0.307 e. The predicted molar refractivity (Wildman–Crippen MR) is 123 cm³/mol. The van der Waals surface area contributed by atoms with Crippen LogP contribution in [0.2, 0.25) is 0 Å². The molecule has 2 saturated heterocycles. The first-order valence-electron chi connectivity index (χ1n) is 12.1. The number of aromatic nitrogens is 3. The Balaban J connectivity index is 1.25. The zero-order chi connectivity index (χ0) is 22.8. The Kier molecular flexibility index (Phi) is 6.00. The SMILES string of the molecule is Cc1cc(Nc2ncccn2)cc(C2CCN(C(=O)[C@@H]3CC(=O)OC34CCCCC4)CC2)n1. The van der Waals surface area contributed by atoms with Crippen LogP contribution in [-0.4, -0.2) is 50.4 Å². The third-order valence-electron chi connectivity index (χ3n) is 7.34. The first-order chi connectivity index (χ1) is 16.0. The van der Waals surface area contributed by atoms with E-state index in [9.17, 15) is 9.59 Å². The van der Waals surface area contributed by atoms with Crippen molar-refractivity contribution in [2.45, 2.75) is 69.8 Å². The van der Waals surface area contributed by atoms with Gasteiger partial charge in [0.1, 0.15) is 5.60 Å². The van der Waals surface area contributed by atoms with E-state index in [0.29, 0.717) is 19.0 Å². The van der Waals surface area contributed by atoms with Crippen molar-refractivity contribution < 1.29 is 14.3 Å². The monoisotopic (exact) mass is 449 g/mol. The highest BCUT2D eigenvalue weighted by Crippen LogP contribution is 2.45. The Bertz CT molecular complexity index is 1010. The lowest BCUT2D eigenvalue weighted by molar-refractivity contribution is -0.156. The number of hydrogen-bond donors (Lipinski definition) is 1. The van der Waals surface area contributed by atoms with E-state index in [1.807, 2.05) is 17.9 Å². The van der Waals surface area contributed by atoms with Crippen molar-refractivity contribution in [2.75, 3.05) is 18.4 Å². The van der Waals surface area contributed by atoms with Crippen molar-refractivity contribution in [3.05, 3.63) is 42.0 Å². The number of likely N-dealkylation sites (tertiary alicyclic amines) is 1. The third kappa shape index (κ3) is 4.56. The molecule has 33 heavy (non-hydrogen) atoms. The van der Waals surface area contributed by atoms with Gasteiger partial charge in [-0.1, -0.05) is 6.42 Å². The molecule has 1 N–H and O–H groups in total. The molecule has 2 aromatic rings. The molecule has 0 unspecified atom stereocenters. The quantitative estimate of drug-likeness (QED) is 0.707. The maximum atomic E-state index is 13.4. The van der Waals surface area contributed by atoms with Gasteiger partial charge in [0.25, 0.3) is 0 Å². The Morgan fingerprint density at radius 2 is 1.85 bits per heavy atom. The molecule has 8 nitrogen and oxygen atoms in total. The number of rotatable bonds is 4. The zero-order valence-corrected chi connectivity index (χ0v) is 19.1. The van der Waals surface area contributed by atoms with Gasteiger partial charge in [-0.25, -0.2) is 9.97 Å². The molecule has 0 aromatic carbocycles. The fourth-order valence-electron chi connectivity index (χ4n) is 5.69. The number of nitrogens with one attached hydrogen (secondary N) is 1. The lowest BCUT2D eigenvalue weighted by Gasteiger charge is -2.39. The Morgan fingerprint density at radius 3 is 2.58 bits per heavy atom. The molecule has 0 radical (unpaired) electrons. The van der Waals surface area contributed by atoms with Crippen LogP contribution in [0.5, 0.6) is 0 Å². The Hall–Kier alpha value is -3.03. The maximum absolute atomic E-state index is 13.4. The van der Waals surface area contributed by atoms with Gasteiger partial charge in [-0.2, -0.15) is 0 Å². The molecule has 2 aliphatic heterocycles. The summed E-state index contributed by atoms with van der Waals surface area (Å²) in [5, 5.41) is 3.25. The minimum absolute atomic E-state index is 0.0991. The van der Waals surface area contributed by atoms with Crippen molar-refractivity contribution in [1.82, 2.24) is 19.9 Å². The lowest BCUT2D eigenvalue weighted by Crippen LogP contribution is -2.49. The summed E-state index contributed by atoms with van der Waals surface area (Å²) in [4.78, 5) is 40.8. The molecular formula is C25H31N5O3. The number of piperidine rings is 1. The van der Waals surface area contributed by atoms with Gasteiger partial charge in [-0.15, -0.1) is 0 Å². The second kappa shape index (κ2) is 9.08. The van der Waals surface area contributed by atoms with Gasteiger partial charge in [0.05, 0.1) is 12.3 Å². The van der Waals surface area contributed by atoms with Crippen molar-refractivity contribution in [3.63, 3.8) is 0 Å². The fourth-order valence-corrected chi connectivity index (χ4v) is 5.69. The molecule has 1 saturated carbocycles. The van der Waals surface area contributed by atoms with Crippen molar-refractivity contribution in [1.29, 1.82) is 0 Å². The van der Waals surface area contributed by atoms with Crippen molar-refractivity contribution in [2.24, 2.45) is 5.92 Å². The van der Waals surface area contributed by atoms with E-state index < -0.39 is 5.60 Å². The topological polar surface area (TPSA) is 97.3 Å². The summed E-state index contributed by atoms with van der Waals surface area (Å²) < 4.78 is 5.77. The number of amides is 1. The third-order valence-corrected chi connectivity index (χ3v) is 7.34. The molecular weight excluding hydrogens is 418 g/mol. The highest BCUT2D eigenvalue weighted by Gasteiger charge is 2.53. The summed E-state index contributed by atoms with van der Waals surface area (Å²) in [5.41, 5.74) is 2.33. The molecule has 2 aromatic heterocycles. The number of carbonyl (C=O) groups is 2. The van der Waals surface area contributed by atoms with E-state index >= 15 is 0 Å². The summed E-state index contributed by atoms with van der Waals surface area (Å²) in [6, 6.07) is 5.83. The van der Waals surface area contributed by atoms with E-state index in [-0.39, 0.29) is 30.1 Å². The highest BCUT2D eigenvalue weighted by atomic mass is 16.6. The van der Waals surface area contributed by atoms with Crippen LogP contribution in [0.4, 0.5) is 11.6 Å². The minimum Gasteiger partial charge on any atom is -0.458 e. The molecule has 3 aliphatic rings. The molecule has 0 bridgehead atoms. The van der Waals surface area contributed by atoms with E-state index in [1.165, 1.54) is 0 Å². The van der Waals surface area contributed by atoms with Crippen LogP contribution in [0.15, 0.2) is 30.6 Å². The number of aryl methyl sites for hydroxylation is 1. The summed E-state index contributed by atoms with van der Waals surface area (Å²) in [7, 11) is 0. The normalized spacial score (nSPS) is 22.9. The zero-order valence-electron chi connectivity index (χ0n) is 19.1. The molecule has 174 valence electrons. The van der Waals surface area contributed by atoms with Gasteiger partial charge < -0.3 is 15.0 Å².